The average Bonchev–Trinajstić information content (AvgIpc) is 2.46. The summed E-state index contributed by atoms with van der Waals surface area (Å²) in [5.41, 5.74) is 2.52. The molecule has 23 heavy (non-hydrogen) atoms. The molecule has 2 aromatic rings. The molecule has 1 N–H and O–H groups in total. The summed E-state index contributed by atoms with van der Waals surface area (Å²) in [5.74, 6) is -0.0891. The van der Waals surface area contributed by atoms with Gasteiger partial charge in [0.05, 0.1) is 24.8 Å². The zero-order valence-corrected chi connectivity index (χ0v) is 13.8. The fraction of sp³-hybridized carbons (Fsp3) is 0.333. The lowest BCUT2D eigenvalue weighted by Crippen LogP contribution is -2.63. The van der Waals surface area contributed by atoms with Gasteiger partial charge in [-0.15, -0.1) is 0 Å². The lowest BCUT2D eigenvalue weighted by atomic mass is 9.94. The van der Waals surface area contributed by atoms with Crippen molar-refractivity contribution in [3.8, 4) is 0 Å². The van der Waals surface area contributed by atoms with Gasteiger partial charge in [0.1, 0.15) is 13.1 Å². The Labute approximate surface area is 137 Å². The zero-order valence-electron chi connectivity index (χ0n) is 13.0. The van der Waals surface area contributed by atoms with Crippen molar-refractivity contribution in [2.75, 3.05) is 18.8 Å². The fourth-order valence-corrected chi connectivity index (χ4v) is 4.51. The summed E-state index contributed by atoms with van der Waals surface area (Å²) >= 11 is 0. The molecule has 0 saturated carbocycles. The van der Waals surface area contributed by atoms with E-state index in [4.69, 9.17) is 4.55 Å². The standard InChI is InChI=1S/C18H21NO3S/c20-23(21,22)15-18-13-19(14-18,11-16-7-3-1-4-8-16)12-17-9-5-2-6-10-17/h1-10,18H,11-15H2/p+1. The van der Waals surface area contributed by atoms with Crippen molar-refractivity contribution in [3.63, 3.8) is 0 Å². The Morgan fingerprint density at radius 3 is 1.70 bits per heavy atom. The Hall–Kier alpha value is -1.69. The quantitative estimate of drug-likeness (QED) is 0.654. The highest BCUT2D eigenvalue weighted by molar-refractivity contribution is 7.85. The van der Waals surface area contributed by atoms with E-state index in [9.17, 15) is 8.42 Å². The molecule has 122 valence electrons. The first-order valence-electron chi connectivity index (χ1n) is 7.82. The van der Waals surface area contributed by atoms with E-state index in [0.29, 0.717) is 0 Å². The van der Waals surface area contributed by atoms with Crippen molar-refractivity contribution in [1.82, 2.24) is 0 Å². The second-order valence-corrected chi connectivity index (χ2v) is 8.11. The molecule has 0 amide bonds. The molecule has 0 radical (unpaired) electrons. The maximum Gasteiger partial charge on any atom is 0.265 e. The molecule has 0 aromatic heterocycles. The molecule has 0 bridgehead atoms. The van der Waals surface area contributed by atoms with Crippen molar-refractivity contribution in [1.29, 1.82) is 0 Å². The zero-order chi connectivity index (χ0) is 16.3. The number of likely N-dealkylation sites (tertiary alicyclic amines) is 1. The van der Waals surface area contributed by atoms with Gasteiger partial charge in [-0.05, 0) is 0 Å². The minimum absolute atomic E-state index is 0.0393. The summed E-state index contributed by atoms with van der Waals surface area (Å²) in [7, 11) is -3.89. The van der Waals surface area contributed by atoms with E-state index < -0.39 is 10.1 Å². The third-order valence-corrected chi connectivity index (χ3v) is 5.35. The van der Waals surface area contributed by atoms with E-state index in [0.717, 1.165) is 30.7 Å². The van der Waals surface area contributed by atoms with Crippen molar-refractivity contribution in [2.45, 2.75) is 13.1 Å². The highest BCUT2D eigenvalue weighted by atomic mass is 32.2. The van der Waals surface area contributed by atoms with Crippen LogP contribution in [0, 0.1) is 5.92 Å². The summed E-state index contributed by atoms with van der Waals surface area (Å²) < 4.78 is 32.1. The molecule has 3 rings (SSSR count). The topological polar surface area (TPSA) is 54.4 Å². The molecule has 1 aliphatic heterocycles. The van der Waals surface area contributed by atoms with E-state index in [-0.39, 0.29) is 11.7 Å². The third-order valence-electron chi connectivity index (χ3n) is 4.46. The van der Waals surface area contributed by atoms with Crippen LogP contribution in [-0.4, -0.2) is 36.3 Å². The van der Waals surface area contributed by atoms with Crippen molar-refractivity contribution >= 4 is 10.1 Å². The van der Waals surface area contributed by atoms with Crippen LogP contribution in [0.15, 0.2) is 60.7 Å². The van der Waals surface area contributed by atoms with Gasteiger partial charge in [-0.3, -0.25) is 4.55 Å². The fourth-order valence-electron chi connectivity index (χ4n) is 3.70. The van der Waals surface area contributed by atoms with Crippen molar-refractivity contribution < 1.29 is 17.5 Å². The summed E-state index contributed by atoms with van der Waals surface area (Å²) in [6, 6.07) is 20.6. The molecule has 0 unspecified atom stereocenters. The third kappa shape index (κ3) is 4.41. The van der Waals surface area contributed by atoms with Crippen LogP contribution in [0.3, 0.4) is 0 Å². The molecule has 1 fully saturated rings. The maximum absolute atomic E-state index is 11.1. The number of nitrogens with zero attached hydrogens (tertiary/aromatic N) is 1. The van der Waals surface area contributed by atoms with Gasteiger partial charge in [-0.1, -0.05) is 60.7 Å². The molecular weight excluding hydrogens is 310 g/mol. The van der Waals surface area contributed by atoms with Gasteiger partial charge in [0, 0.05) is 11.1 Å². The van der Waals surface area contributed by atoms with E-state index in [1.54, 1.807) is 0 Å². The molecule has 1 heterocycles. The van der Waals surface area contributed by atoms with Crippen LogP contribution in [0.4, 0.5) is 0 Å². The van der Waals surface area contributed by atoms with E-state index >= 15 is 0 Å². The minimum atomic E-state index is -3.89. The molecule has 1 aliphatic rings. The lowest BCUT2D eigenvalue weighted by molar-refractivity contribution is -0.996. The van der Waals surface area contributed by atoms with Gasteiger partial charge >= 0.3 is 0 Å². The Bertz CT molecular complexity index is 695. The lowest BCUT2D eigenvalue weighted by Gasteiger charge is -2.50. The molecule has 1 saturated heterocycles. The summed E-state index contributed by atoms with van der Waals surface area (Å²) in [4.78, 5) is 0. The average molecular weight is 332 g/mol. The van der Waals surface area contributed by atoms with Gasteiger partial charge in [-0.25, -0.2) is 0 Å². The second kappa shape index (κ2) is 6.43. The van der Waals surface area contributed by atoms with Crippen LogP contribution in [0.25, 0.3) is 0 Å². The van der Waals surface area contributed by atoms with E-state index in [1.807, 2.05) is 36.4 Å². The predicted octanol–water partition coefficient (Wildman–Crippen LogP) is 2.72. The normalized spacial score (nSPS) is 17.6. The number of hydrogen-bond acceptors (Lipinski definition) is 2. The van der Waals surface area contributed by atoms with Crippen LogP contribution in [0.1, 0.15) is 11.1 Å². The first kappa shape index (κ1) is 16.2. The highest BCUT2D eigenvalue weighted by Gasteiger charge is 2.45. The molecule has 0 spiro atoms. The summed E-state index contributed by atoms with van der Waals surface area (Å²) in [6.45, 7) is 3.34. The Morgan fingerprint density at radius 1 is 0.870 bits per heavy atom. The number of hydrogen-bond donors (Lipinski definition) is 1. The van der Waals surface area contributed by atoms with Crippen LogP contribution < -0.4 is 0 Å². The van der Waals surface area contributed by atoms with Crippen molar-refractivity contribution in [2.24, 2.45) is 5.92 Å². The molecule has 0 aliphatic carbocycles. The number of rotatable bonds is 6. The van der Waals surface area contributed by atoms with Gasteiger partial charge in [-0.2, -0.15) is 8.42 Å². The Kier molecular flexibility index (Phi) is 4.53. The van der Waals surface area contributed by atoms with Gasteiger partial charge in [0.15, 0.2) is 0 Å². The SMILES string of the molecule is O=S(=O)(O)CC1C[N+](Cc2ccccc2)(Cc2ccccc2)C1. The molecule has 4 nitrogen and oxygen atoms in total. The monoisotopic (exact) mass is 332 g/mol. The van der Waals surface area contributed by atoms with Crippen LogP contribution in [0.5, 0.6) is 0 Å². The van der Waals surface area contributed by atoms with E-state index in [2.05, 4.69) is 24.3 Å². The van der Waals surface area contributed by atoms with Gasteiger partial charge < -0.3 is 4.48 Å². The first-order valence-corrected chi connectivity index (χ1v) is 9.43. The summed E-state index contributed by atoms with van der Waals surface area (Å²) in [6.07, 6.45) is 0. The maximum atomic E-state index is 11.1. The first-order chi connectivity index (χ1) is 10.9. The Morgan fingerprint density at radius 2 is 1.30 bits per heavy atom. The van der Waals surface area contributed by atoms with E-state index in [1.165, 1.54) is 11.1 Å². The highest BCUT2D eigenvalue weighted by Crippen LogP contribution is 2.32. The van der Waals surface area contributed by atoms with Crippen LogP contribution >= 0.6 is 0 Å². The number of benzene rings is 2. The number of quaternary nitrogens is 1. The van der Waals surface area contributed by atoms with Crippen molar-refractivity contribution in [3.05, 3.63) is 71.8 Å². The van der Waals surface area contributed by atoms with Crippen LogP contribution in [0.2, 0.25) is 0 Å². The minimum Gasteiger partial charge on any atom is -0.315 e. The molecular formula is C18H22NO3S+. The smallest absolute Gasteiger partial charge is 0.265 e. The molecule has 5 heteroatoms. The van der Waals surface area contributed by atoms with Gasteiger partial charge in [0.2, 0.25) is 0 Å². The molecule has 2 aromatic carbocycles. The predicted molar refractivity (Wildman–Crippen MR) is 90.2 cm³/mol. The van der Waals surface area contributed by atoms with Gasteiger partial charge in [0.25, 0.3) is 10.1 Å². The second-order valence-electron chi connectivity index (χ2n) is 6.61. The largest absolute Gasteiger partial charge is 0.315 e. The van der Waals surface area contributed by atoms with Crippen LogP contribution in [-0.2, 0) is 23.2 Å². The molecule has 0 atom stereocenters. The summed E-state index contributed by atoms with van der Waals surface area (Å²) in [5, 5.41) is 0. The Balaban J connectivity index is 1.75.